The van der Waals surface area contributed by atoms with E-state index in [-0.39, 0.29) is 11.5 Å². The number of halogens is 1. The van der Waals surface area contributed by atoms with Gasteiger partial charge in [0.25, 0.3) is 5.91 Å². The first-order chi connectivity index (χ1) is 13.2. The average molecular weight is 368 g/mol. The van der Waals surface area contributed by atoms with Gasteiger partial charge in [0.15, 0.2) is 0 Å². The molecule has 2 aliphatic rings. The quantitative estimate of drug-likeness (QED) is 0.834. The first-order valence-corrected chi connectivity index (χ1v) is 9.60. The highest BCUT2D eigenvalue weighted by Crippen LogP contribution is 2.27. The van der Waals surface area contributed by atoms with Crippen LogP contribution in [0.4, 0.5) is 4.39 Å². The van der Waals surface area contributed by atoms with Crippen molar-refractivity contribution in [3.8, 4) is 5.75 Å². The predicted octanol–water partition coefficient (Wildman–Crippen LogP) is 3.15. The largest absolute Gasteiger partial charge is 0.496 e. The topological polar surface area (TPSA) is 32.8 Å². The normalized spacial score (nSPS) is 20.2. The number of hydrogen-bond acceptors (Lipinski definition) is 3. The van der Waals surface area contributed by atoms with Crippen molar-refractivity contribution in [1.29, 1.82) is 0 Å². The fourth-order valence-electron chi connectivity index (χ4n) is 4.32. The molecule has 1 aliphatic carbocycles. The van der Waals surface area contributed by atoms with Crippen molar-refractivity contribution in [3.63, 3.8) is 0 Å². The Balaban J connectivity index is 1.40. The molecule has 27 heavy (non-hydrogen) atoms. The first-order valence-electron chi connectivity index (χ1n) is 9.60. The van der Waals surface area contributed by atoms with Gasteiger partial charge in [-0.1, -0.05) is 30.3 Å². The van der Waals surface area contributed by atoms with Gasteiger partial charge >= 0.3 is 0 Å². The van der Waals surface area contributed by atoms with E-state index in [0.29, 0.717) is 24.9 Å². The maximum Gasteiger partial charge on any atom is 0.260 e. The summed E-state index contributed by atoms with van der Waals surface area (Å²) in [7, 11) is 1.46. The van der Waals surface area contributed by atoms with Crippen LogP contribution in [0.2, 0.25) is 0 Å². The van der Waals surface area contributed by atoms with Crippen molar-refractivity contribution in [2.45, 2.75) is 25.3 Å². The number of benzene rings is 2. The molecule has 0 saturated carbocycles. The van der Waals surface area contributed by atoms with E-state index >= 15 is 0 Å². The van der Waals surface area contributed by atoms with Gasteiger partial charge in [-0.15, -0.1) is 0 Å². The number of carbonyl (C=O) groups is 1. The van der Waals surface area contributed by atoms with E-state index in [2.05, 4.69) is 29.2 Å². The van der Waals surface area contributed by atoms with Crippen LogP contribution < -0.4 is 4.74 Å². The lowest BCUT2D eigenvalue weighted by atomic mass is 9.87. The molecule has 142 valence electrons. The van der Waals surface area contributed by atoms with Gasteiger partial charge in [0.05, 0.1) is 7.11 Å². The number of hydrogen-bond donors (Lipinski definition) is 0. The van der Waals surface area contributed by atoms with Crippen LogP contribution in [0.1, 0.15) is 27.9 Å². The second kappa shape index (κ2) is 7.69. The Kier molecular flexibility index (Phi) is 5.12. The van der Waals surface area contributed by atoms with Crippen LogP contribution in [-0.4, -0.2) is 55.0 Å². The number of fused-ring (bicyclic) bond motifs is 1. The lowest BCUT2D eigenvalue weighted by Gasteiger charge is -2.41. The number of piperazine rings is 1. The van der Waals surface area contributed by atoms with Crippen LogP contribution in [0.3, 0.4) is 0 Å². The summed E-state index contributed by atoms with van der Waals surface area (Å²) in [6.07, 6.45) is 3.35. The summed E-state index contributed by atoms with van der Waals surface area (Å²) >= 11 is 0. The van der Waals surface area contributed by atoms with Crippen LogP contribution in [0.25, 0.3) is 0 Å². The van der Waals surface area contributed by atoms with E-state index in [9.17, 15) is 9.18 Å². The monoisotopic (exact) mass is 368 g/mol. The Hall–Kier alpha value is -2.40. The maximum atomic E-state index is 14.2. The van der Waals surface area contributed by atoms with E-state index < -0.39 is 5.82 Å². The van der Waals surface area contributed by atoms with Crippen molar-refractivity contribution in [2.75, 3.05) is 33.3 Å². The zero-order chi connectivity index (χ0) is 18.8. The van der Waals surface area contributed by atoms with Gasteiger partial charge in [-0.25, -0.2) is 4.39 Å². The van der Waals surface area contributed by atoms with Gasteiger partial charge in [0.2, 0.25) is 0 Å². The molecule has 0 bridgehead atoms. The molecule has 1 amide bonds. The number of carbonyl (C=O) groups excluding carboxylic acids is 1. The van der Waals surface area contributed by atoms with Gasteiger partial charge < -0.3 is 9.64 Å². The number of nitrogens with zero attached hydrogens (tertiary/aromatic N) is 2. The number of rotatable bonds is 3. The minimum Gasteiger partial charge on any atom is -0.496 e. The van der Waals surface area contributed by atoms with Gasteiger partial charge in [-0.3, -0.25) is 9.69 Å². The molecule has 1 heterocycles. The Morgan fingerprint density at radius 3 is 2.52 bits per heavy atom. The summed E-state index contributed by atoms with van der Waals surface area (Å²) in [6.45, 7) is 2.90. The molecule has 1 saturated heterocycles. The lowest BCUT2D eigenvalue weighted by Crippen LogP contribution is -2.53. The lowest BCUT2D eigenvalue weighted by molar-refractivity contribution is 0.0546. The molecule has 0 spiro atoms. The average Bonchev–Trinajstić information content (AvgIpc) is 2.73. The van der Waals surface area contributed by atoms with Gasteiger partial charge in [0.1, 0.15) is 17.1 Å². The maximum absolute atomic E-state index is 14.2. The van der Waals surface area contributed by atoms with Crippen LogP contribution in [-0.2, 0) is 12.8 Å². The fraction of sp³-hybridized carbons (Fsp3) is 0.409. The Bertz CT molecular complexity index is 831. The summed E-state index contributed by atoms with van der Waals surface area (Å²) in [4.78, 5) is 17.1. The Morgan fingerprint density at radius 1 is 1.04 bits per heavy atom. The van der Waals surface area contributed by atoms with Crippen molar-refractivity contribution in [2.24, 2.45) is 0 Å². The molecule has 1 fully saturated rings. The molecular formula is C22H25FN2O2. The van der Waals surface area contributed by atoms with Gasteiger partial charge in [-0.2, -0.15) is 0 Å². The standard InChI is InChI=1S/C22H25FN2O2/c1-27-20-8-4-7-19(23)21(20)22(26)25-13-11-24(12-14-25)18-10-9-16-5-2-3-6-17(16)15-18/h2-8,18H,9-15H2,1H3/t18-/m0/s1. The summed E-state index contributed by atoms with van der Waals surface area (Å²) < 4.78 is 19.4. The van der Waals surface area contributed by atoms with Gasteiger partial charge in [0, 0.05) is 32.2 Å². The van der Waals surface area contributed by atoms with Crippen LogP contribution in [0.15, 0.2) is 42.5 Å². The fourth-order valence-corrected chi connectivity index (χ4v) is 4.32. The van der Waals surface area contributed by atoms with Crippen LogP contribution >= 0.6 is 0 Å². The second-order valence-electron chi connectivity index (χ2n) is 7.31. The Labute approximate surface area is 159 Å². The van der Waals surface area contributed by atoms with Crippen molar-refractivity contribution < 1.29 is 13.9 Å². The highest BCUT2D eigenvalue weighted by atomic mass is 19.1. The second-order valence-corrected chi connectivity index (χ2v) is 7.31. The summed E-state index contributed by atoms with van der Waals surface area (Å²) in [5.41, 5.74) is 2.96. The summed E-state index contributed by atoms with van der Waals surface area (Å²) in [5.74, 6) is -0.504. The molecular weight excluding hydrogens is 343 g/mol. The summed E-state index contributed by atoms with van der Waals surface area (Å²) in [6, 6.07) is 13.7. The van der Waals surface area contributed by atoms with E-state index in [0.717, 1.165) is 32.4 Å². The molecule has 0 aromatic heterocycles. The molecule has 2 aromatic rings. The zero-order valence-electron chi connectivity index (χ0n) is 15.7. The smallest absolute Gasteiger partial charge is 0.260 e. The van der Waals surface area contributed by atoms with Crippen LogP contribution in [0, 0.1) is 5.82 Å². The predicted molar refractivity (Wildman–Crippen MR) is 103 cm³/mol. The molecule has 1 aliphatic heterocycles. The molecule has 5 heteroatoms. The molecule has 0 radical (unpaired) electrons. The molecule has 0 unspecified atom stereocenters. The van der Waals surface area contributed by atoms with E-state index in [1.54, 1.807) is 17.0 Å². The molecule has 2 aromatic carbocycles. The van der Waals surface area contributed by atoms with E-state index in [1.165, 1.54) is 24.3 Å². The molecule has 1 atom stereocenters. The SMILES string of the molecule is COc1cccc(F)c1C(=O)N1CCN([C@H]2CCc3ccccc3C2)CC1. The minimum absolute atomic E-state index is 0.0417. The third kappa shape index (κ3) is 3.56. The van der Waals surface area contributed by atoms with E-state index in [1.807, 2.05) is 0 Å². The minimum atomic E-state index is -0.523. The molecule has 0 N–H and O–H groups in total. The van der Waals surface area contributed by atoms with Crippen LogP contribution in [0.5, 0.6) is 5.75 Å². The van der Waals surface area contributed by atoms with Crippen molar-refractivity contribution in [1.82, 2.24) is 9.80 Å². The number of aryl methyl sites for hydroxylation is 1. The van der Waals surface area contributed by atoms with Crippen molar-refractivity contribution >= 4 is 5.91 Å². The van der Waals surface area contributed by atoms with Crippen molar-refractivity contribution in [3.05, 3.63) is 65.0 Å². The number of ether oxygens (including phenoxy) is 1. The number of methoxy groups -OCH3 is 1. The van der Waals surface area contributed by atoms with Gasteiger partial charge in [-0.05, 0) is 42.5 Å². The highest BCUT2D eigenvalue weighted by Gasteiger charge is 2.30. The number of amides is 1. The van der Waals surface area contributed by atoms with E-state index in [4.69, 9.17) is 4.74 Å². The first kappa shape index (κ1) is 18.0. The third-order valence-corrected chi connectivity index (χ3v) is 5.85. The molecule has 4 rings (SSSR count). The third-order valence-electron chi connectivity index (χ3n) is 5.85. The zero-order valence-corrected chi connectivity index (χ0v) is 15.7. The molecule has 4 nitrogen and oxygen atoms in total. The highest BCUT2D eigenvalue weighted by molar-refractivity contribution is 5.97. The Morgan fingerprint density at radius 2 is 1.78 bits per heavy atom. The summed E-state index contributed by atoms with van der Waals surface area (Å²) in [5, 5.41) is 0.